The molecule has 7 nitrogen and oxygen atoms in total. The first kappa shape index (κ1) is 23.3. The maximum atomic E-state index is 14.0. The van der Waals surface area contributed by atoms with Crippen LogP contribution in [0.3, 0.4) is 0 Å². The van der Waals surface area contributed by atoms with E-state index in [1.807, 2.05) is 36.6 Å². The Hall–Kier alpha value is -2.82. The topological polar surface area (TPSA) is 88.6 Å². The maximum absolute atomic E-state index is 14.0. The van der Waals surface area contributed by atoms with Gasteiger partial charge in [-0.05, 0) is 44.0 Å². The Bertz CT molecular complexity index is 1240. The fraction of sp³-hybridized carbons (Fsp3) is 0.304. The average Bonchev–Trinajstić information content (AvgIpc) is 3.28. The summed E-state index contributed by atoms with van der Waals surface area (Å²) in [5, 5.41) is 5.18. The third-order valence-corrected chi connectivity index (χ3v) is 8.17. The van der Waals surface area contributed by atoms with Gasteiger partial charge in [0, 0.05) is 30.0 Å². The Balaban J connectivity index is 1.38. The summed E-state index contributed by atoms with van der Waals surface area (Å²) in [5.41, 5.74) is 1.56. The molecule has 4 rings (SSSR count). The first-order valence-corrected chi connectivity index (χ1v) is 13.0. The Morgan fingerprint density at radius 1 is 1.18 bits per heavy atom. The van der Waals surface area contributed by atoms with Gasteiger partial charge < -0.3 is 10.1 Å². The minimum absolute atomic E-state index is 0.152. The Kier molecular flexibility index (Phi) is 7.06. The molecule has 2 aromatic carbocycles. The number of sulfonamides is 1. The van der Waals surface area contributed by atoms with Crippen molar-refractivity contribution in [2.45, 2.75) is 24.7 Å². The van der Waals surface area contributed by atoms with Crippen LogP contribution in [0.5, 0.6) is 5.75 Å². The molecule has 0 atom stereocenters. The van der Waals surface area contributed by atoms with Gasteiger partial charge in [0.1, 0.15) is 16.5 Å². The first-order valence-electron chi connectivity index (χ1n) is 10.6. The molecule has 0 unspecified atom stereocenters. The van der Waals surface area contributed by atoms with Gasteiger partial charge in [-0.1, -0.05) is 24.3 Å². The number of nitrogens with zero attached hydrogens (tertiary/aromatic N) is 2. The van der Waals surface area contributed by atoms with Crippen LogP contribution in [-0.2, 0) is 14.8 Å². The number of piperidine rings is 1. The number of aromatic nitrogens is 1. The zero-order valence-corrected chi connectivity index (χ0v) is 19.7. The minimum Gasteiger partial charge on any atom is -0.493 e. The van der Waals surface area contributed by atoms with Crippen molar-refractivity contribution in [3.05, 3.63) is 59.7 Å². The zero-order chi connectivity index (χ0) is 23.4. The fourth-order valence-corrected chi connectivity index (χ4v) is 6.02. The number of anilines is 1. The fourth-order valence-electron chi connectivity index (χ4n) is 3.77. The SMILES string of the molecule is CCOc1ccccc1-c1csc(NC(=O)C2CCN(S(=O)(=O)c3ccccc3F)CC2)n1. The van der Waals surface area contributed by atoms with Crippen molar-refractivity contribution >= 4 is 32.4 Å². The van der Waals surface area contributed by atoms with Gasteiger partial charge in [0.05, 0.1) is 12.3 Å². The van der Waals surface area contributed by atoms with E-state index in [0.29, 0.717) is 30.3 Å². The summed E-state index contributed by atoms with van der Waals surface area (Å²) in [5.74, 6) is -0.591. The van der Waals surface area contributed by atoms with E-state index in [-0.39, 0.29) is 29.8 Å². The van der Waals surface area contributed by atoms with Crippen molar-refractivity contribution in [2.75, 3.05) is 25.0 Å². The van der Waals surface area contributed by atoms with Crippen LogP contribution in [0.1, 0.15) is 19.8 Å². The van der Waals surface area contributed by atoms with Crippen LogP contribution in [0.15, 0.2) is 58.8 Å². The molecule has 1 aromatic heterocycles. The number of hydrogen-bond acceptors (Lipinski definition) is 6. The summed E-state index contributed by atoms with van der Waals surface area (Å²) in [6.45, 7) is 2.76. The summed E-state index contributed by atoms with van der Waals surface area (Å²) in [4.78, 5) is 16.9. The molecule has 1 aliphatic rings. The second-order valence-corrected chi connectivity index (χ2v) is 10.3. The number of thiazole rings is 1. The second kappa shape index (κ2) is 9.98. The van der Waals surface area contributed by atoms with Crippen molar-refractivity contribution in [1.29, 1.82) is 0 Å². The molecule has 0 bridgehead atoms. The second-order valence-electron chi connectivity index (χ2n) is 7.57. The number of rotatable bonds is 7. The highest BCUT2D eigenvalue weighted by Crippen LogP contribution is 2.33. The molecular formula is C23H24FN3O4S2. The molecule has 0 radical (unpaired) electrons. The van der Waals surface area contributed by atoms with Crippen LogP contribution in [0.2, 0.25) is 0 Å². The molecule has 10 heteroatoms. The van der Waals surface area contributed by atoms with E-state index in [2.05, 4.69) is 10.3 Å². The van der Waals surface area contributed by atoms with Crippen molar-refractivity contribution in [3.63, 3.8) is 0 Å². The smallest absolute Gasteiger partial charge is 0.245 e. The highest BCUT2D eigenvalue weighted by molar-refractivity contribution is 7.89. The van der Waals surface area contributed by atoms with E-state index in [0.717, 1.165) is 17.4 Å². The molecule has 1 fully saturated rings. The summed E-state index contributed by atoms with van der Waals surface area (Å²) in [6.07, 6.45) is 0.704. The summed E-state index contributed by atoms with van der Waals surface area (Å²) >= 11 is 1.32. The Labute approximate surface area is 196 Å². The molecule has 3 aromatic rings. The standard InChI is InChI=1S/C23H24FN3O4S2/c1-2-31-20-9-5-3-7-17(20)19-15-32-23(25-19)26-22(28)16-11-13-27(14-12-16)33(29,30)21-10-6-4-8-18(21)24/h3-10,15-16H,2,11-14H2,1H3,(H,25,26,28). The summed E-state index contributed by atoms with van der Waals surface area (Å²) in [6, 6.07) is 12.9. The van der Waals surface area contributed by atoms with Crippen molar-refractivity contribution < 1.29 is 22.3 Å². The van der Waals surface area contributed by atoms with Gasteiger partial charge in [-0.2, -0.15) is 4.31 Å². The molecule has 2 heterocycles. The monoisotopic (exact) mass is 489 g/mol. The number of carbonyl (C=O) groups excluding carboxylic acids is 1. The van der Waals surface area contributed by atoms with Crippen molar-refractivity contribution in [3.8, 4) is 17.0 Å². The minimum atomic E-state index is -3.93. The lowest BCUT2D eigenvalue weighted by Crippen LogP contribution is -2.41. The number of para-hydroxylation sites is 1. The number of ether oxygens (including phenoxy) is 1. The highest BCUT2D eigenvalue weighted by atomic mass is 32.2. The average molecular weight is 490 g/mol. The molecule has 1 saturated heterocycles. The van der Waals surface area contributed by atoms with E-state index in [9.17, 15) is 17.6 Å². The van der Waals surface area contributed by atoms with E-state index >= 15 is 0 Å². The quantitative estimate of drug-likeness (QED) is 0.532. The normalized spacial score (nSPS) is 15.3. The molecule has 33 heavy (non-hydrogen) atoms. The predicted octanol–water partition coefficient (Wildman–Crippen LogP) is 4.39. The van der Waals surface area contributed by atoms with E-state index in [4.69, 9.17) is 4.74 Å². The van der Waals surface area contributed by atoms with Crippen LogP contribution in [0.4, 0.5) is 9.52 Å². The van der Waals surface area contributed by atoms with Crippen LogP contribution in [-0.4, -0.2) is 43.3 Å². The molecule has 1 aliphatic heterocycles. The van der Waals surface area contributed by atoms with Crippen LogP contribution < -0.4 is 10.1 Å². The van der Waals surface area contributed by atoms with Crippen LogP contribution in [0.25, 0.3) is 11.3 Å². The third kappa shape index (κ3) is 5.07. The van der Waals surface area contributed by atoms with E-state index in [1.165, 1.54) is 33.8 Å². The molecule has 1 amide bonds. The molecule has 0 spiro atoms. The largest absolute Gasteiger partial charge is 0.493 e. The molecule has 0 aliphatic carbocycles. The number of carbonyl (C=O) groups is 1. The first-order chi connectivity index (χ1) is 15.9. The van der Waals surface area contributed by atoms with Crippen molar-refractivity contribution in [2.24, 2.45) is 5.92 Å². The molecule has 0 saturated carbocycles. The van der Waals surface area contributed by atoms with Crippen LogP contribution in [0, 0.1) is 11.7 Å². The van der Waals surface area contributed by atoms with E-state index in [1.54, 1.807) is 0 Å². The number of hydrogen-bond donors (Lipinski definition) is 1. The Morgan fingerprint density at radius 3 is 2.61 bits per heavy atom. The number of halogens is 1. The predicted molar refractivity (Wildman–Crippen MR) is 125 cm³/mol. The van der Waals surface area contributed by atoms with Gasteiger partial charge in [0.2, 0.25) is 15.9 Å². The lowest BCUT2D eigenvalue weighted by molar-refractivity contribution is -0.120. The number of benzene rings is 2. The Morgan fingerprint density at radius 2 is 1.88 bits per heavy atom. The van der Waals surface area contributed by atoms with Gasteiger partial charge in [0.25, 0.3) is 0 Å². The van der Waals surface area contributed by atoms with Crippen molar-refractivity contribution in [1.82, 2.24) is 9.29 Å². The lowest BCUT2D eigenvalue weighted by atomic mass is 9.97. The van der Waals surface area contributed by atoms with Gasteiger partial charge >= 0.3 is 0 Å². The molecular weight excluding hydrogens is 465 g/mol. The third-order valence-electron chi connectivity index (χ3n) is 5.48. The van der Waals surface area contributed by atoms with Gasteiger partial charge in [-0.25, -0.2) is 17.8 Å². The maximum Gasteiger partial charge on any atom is 0.245 e. The lowest BCUT2D eigenvalue weighted by Gasteiger charge is -2.30. The zero-order valence-electron chi connectivity index (χ0n) is 18.0. The van der Waals surface area contributed by atoms with Gasteiger partial charge in [0.15, 0.2) is 5.13 Å². The van der Waals surface area contributed by atoms with Gasteiger partial charge in [-0.3, -0.25) is 4.79 Å². The van der Waals surface area contributed by atoms with E-state index < -0.39 is 15.8 Å². The summed E-state index contributed by atoms with van der Waals surface area (Å²) in [7, 11) is -3.93. The number of amides is 1. The van der Waals surface area contributed by atoms with Crippen LogP contribution >= 0.6 is 11.3 Å². The highest BCUT2D eigenvalue weighted by Gasteiger charge is 2.33. The summed E-state index contributed by atoms with van der Waals surface area (Å²) < 4.78 is 46.4. The van der Waals surface area contributed by atoms with Gasteiger partial charge in [-0.15, -0.1) is 11.3 Å². The molecule has 1 N–H and O–H groups in total. The molecule has 174 valence electrons. The number of nitrogens with one attached hydrogen (secondary N) is 1.